The molecular weight excluding hydrogens is 496 g/mol. The third-order valence-corrected chi connectivity index (χ3v) is 5.43. The molecule has 3 rings (SSSR count). The monoisotopic (exact) mass is 523 g/mol. The van der Waals surface area contributed by atoms with Gasteiger partial charge in [-0.1, -0.05) is 0 Å². The lowest BCUT2D eigenvalue weighted by molar-refractivity contribution is 0.162. The summed E-state index contributed by atoms with van der Waals surface area (Å²) in [4.78, 5) is 20.2. The number of hydrogen-bond acceptors (Lipinski definition) is 8. The van der Waals surface area contributed by atoms with E-state index in [0.717, 1.165) is 18.4 Å². The fourth-order valence-electron chi connectivity index (χ4n) is 3.26. The number of alkyl carbamates (subject to hydrolysis) is 1. The Morgan fingerprint density at radius 1 is 1.19 bits per heavy atom. The SMILES string of the molecule is COC(=O)NC(C)(C)Nc1nccc(-c2cn(C(C)C)nc2-c2c(F)ccc(NS(C)(=O)=O)c2F)n1. The molecule has 0 saturated heterocycles. The van der Waals surface area contributed by atoms with Gasteiger partial charge in [0.05, 0.1) is 30.3 Å². The third-order valence-electron chi connectivity index (χ3n) is 4.84. The number of hydrogen-bond donors (Lipinski definition) is 3. The Kier molecular flexibility index (Phi) is 7.48. The summed E-state index contributed by atoms with van der Waals surface area (Å²) in [5, 5.41) is 9.91. The van der Waals surface area contributed by atoms with Crippen LogP contribution in [-0.2, 0) is 14.8 Å². The van der Waals surface area contributed by atoms with Crippen LogP contribution in [0.5, 0.6) is 0 Å². The lowest BCUT2D eigenvalue weighted by Gasteiger charge is -2.26. The van der Waals surface area contributed by atoms with E-state index < -0.39 is 44.7 Å². The Bertz CT molecular complexity index is 1390. The average molecular weight is 524 g/mol. The van der Waals surface area contributed by atoms with Gasteiger partial charge in [0, 0.05) is 24.0 Å². The summed E-state index contributed by atoms with van der Waals surface area (Å²) in [6.45, 7) is 6.99. The summed E-state index contributed by atoms with van der Waals surface area (Å²) in [6, 6.07) is 3.32. The highest BCUT2D eigenvalue weighted by molar-refractivity contribution is 7.92. The number of rotatable bonds is 8. The number of anilines is 2. The van der Waals surface area contributed by atoms with Crippen LogP contribution in [0.2, 0.25) is 0 Å². The van der Waals surface area contributed by atoms with Gasteiger partial charge in [-0.3, -0.25) is 14.7 Å². The molecule has 194 valence electrons. The maximum absolute atomic E-state index is 15.4. The van der Waals surface area contributed by atoms with E-state index in [0.29, 0.717) is 0 Å². The number of carbonyl (C=O) groups excluding carboxylic acids is 1. The molecule has 1 amide bonds. The topological polar surface area (TPSA) is 140 Å². The van der Waals surface area contributed by atoms with Gasteiger partial charge in [0.1, 0.15) is 17.2 Å². The van der Waals surface area contributed by atoms with Crippen LogP contribution < -0.4 is 15.4 Å². The fourth-order valence-corrected chi connectivity index (χ4v) is 3.82. The van der Waals surface area contributed by atoms with Gasteiger partial charge in [-0.25, -0.2) is 32.0 Å². The minimum atomic E-state index is -3.82. The van der Waals surface area contributed by atoms with Gasteiger partial charge in [0.15, 0.2) is 5.82 Å². The molecule has 0 atom stereocenters. The summed E-state index contributed by atoms with van der Waals surface area (Å²) >= 11 is 0. The zero-order chi connectivity index (χ0) is 26.8. The number of nitrogens with zero attached hydrogens (tertiary/aromatic N) is 4. The van der Waals surface area contributed by atoms with Crippen LogP contribution in [0.15, 0.2) is 30.6 Å². The average Bonchev–Trinajstić information content (AvgIpc) is 3.20. The summed E-state index contributed by atoms with van der Waals surface area (Å²) in [7, 11) is -2.59. The molecule has 0 fully saturated rings. The number of methoxy groups -OCH3 is 1. The highest BCUT2D eigenvalue weighted by Crippen LogP contribution is 2.37. The van der Waals surface area contributed by atoms with Gasteiger partial charge >= 0.3 is 6.09 Å². The van der Waals surface area contributed by atoms with Crippen LogP contribution in [0, 0.1) is 11.6 Å². The van der Waals surface area contributed by atoms with E-state index in [4.69, 9.17) is 0 Å². The molecule has 0 radical (unpaired) electrons. The molecule has 0 unspecified atom stereocenters. The molecule has 1 aromatic carbocycles. The molecule has 36 heavy (non-hydrogen) atoms. The number of ether oxygens (including phenoxy) is 1. The van der Waals surface area contributed by atoms with Gasteiger partial charge in [-0.15, -0.1) is 0 Å². The summed E-state index contributed by atoms with van der Waals surface area (Å²) in [5.74, 6) is -1.94. The molecule has 0 aliphatic rings. The summed E-state index contributed by atoms with van der Waals surface area (Å²) < 4.78 is 61.8. The highest BCUT2D eigenvalue weighted by Gasteiger charge is 2.26. The van der Waals surface area contributed by atoms with Gasteiger partial charge < -0.3 is 10.1 Å². The standard InChI is InChI=1S/C22H27F2N7O4S/c1-12(2)31-11-13(15-9-10-25-20(26-15)27-22(3,4)28-21(32)35-5)19(29-31)17-14(23)7-8-16(18(17)24)30-36(6,33)34/h7-12,30H,1-6H3,(H,28,32)(H,25,26,27). The number of carbonyl (C=O) groups is 1. The molecule has 3 N–H and O–H groups in total. The molecule has 0 aliphatic carbocycles. The number of aromatic nitrogens is 4. The van der Waals surface area contributed by atoms with Crippen LogP contribution >= 0.6 is 0 Å². The Morgan fingerprint density at radius 3 is 2.50 bits per heavy atom. The van der Waals surface area contributed by atoms with Crippen LogP contribution in [-0.4, -0.2) is 53.3 Å². The lowest BCUT2D eigenvalue weighted by Crippen LogP contribution is -2.49. The quantitative estimate of drug-likeness (QED) is 0.379. The van der Waals surface area contributed by atoms with E-state index >= 15 is 4.39 Å². The molecule has 11 nitrogen and oxygen atoms in total. The van der Waals surface area contributed by atoms with E-state index in [1.54, 1.807) is 20.0 Å². The largest absolute Gasteiger partial charge is 0.453 e. The maximum Gasteiger partial charge on any atom is 0.408 e. The lowest BCUT2D eigenvalue weighted by atomic mass is 10.0. The van der Waals surface area contributed by atoms with Crippen molar-refractivity contribution in [1.29, 1.82) is 0 Å². The van der Waals surface area contributed by atoms with E-state index in [1.807, 2.05) is 18.6 Å². The predicted molar refractivity (Wildman–Crippen MR) is 131 cm³/mol. The smallest absolute Gasteiger partial charge is 0.408 e. The van der Waals surface area contributed by atoms with Crippen LogP contribution in [0.25, 0.3) is 22.5 Å². The van der Waals surface area contributed by atoms with E-state index in [-0.39, 0.29) is 28.9 Å². The van der Waals surface area contributed by atoms with Gasteiger partial charge in [-0.05, 0) is 45.9 Å². The minimum Gasteiger partial charge on any atom is -0.453 e. The first kappa shape index (κ1) is 26.8. The molecule has 0 bridgehead atoms. The van der Waals surface area contributed by atoms with Gasteiger partial charge in [-0.2, -0.15) is 5.10 Å². The predicted octanol–water partition coefficient (Wildman–Crippen LogP) is 3.74. The number of amides is 1. The molecule has 2 aromatic heterocycles. The Balaban J connectivity index is 2.13. The summed E-state index contributed by atoms with van der Waals surface area (Å²) in [5.41, 5.74) is -1.45. The zero-order valence-electron chi connectivity index (χ0n) is 20.6. The molecule has 0 spiro atoms. The van der Waals surface area contributed by atoms with Crippen molar-refractivity contribution in [2.24, 2.45) is 0 Å². The van der Waals surface area contributed by atoms with E-state index in [2.05, 4.69) is 30.4 Å². The first-order chi connectivity index (χ1) is 16.7. The normalized spacial score (nSPS) is 11.9. The van der Waals surface area contributed by atoms with Crippen molar-refractivity contribution < 1.29 is 26.7 Å². The molecular formula is C22H27F2N7O4S. The van der Waals surface area contributed by atoms with Gasteiger partial charge in [0.25, 0.3) is 0 Å². The van der Waals surface area contributed by atoms with Gasteiger partial charge in [0.2, 0.25) is 16.0 Å². The number of nitrogens with one attached hydrogen (secondary N) is 3. The maximum atomic E-state index is 15.4. The van der Waals surface area contributed by atoms with Crippen molar-refractivity contribution in [1.82, 2.24) is 25.1 Å². The van der Waals surface area contributed by atoms with Crippen molar-refractivity contribution in [3.8, 4) is 22.5 Å². The Hall–Kier alpha value is -3.81. The number of halogens is 2. The molecule has 3 aromatic rings. The van der Waals surface area contributed by atoms with Crippen molar-refractivity contribution in [2.45, 2.75) is 39.4 Å². The molecule has 2 heterocycles. The van der Waals surface area contributed by atoms with Crippen LogP contribution in [0.3, 0.4) is 0 Å². The van der Waals surface area contributed by atoms with Crippen molar-refractivity contribution in [2.75, 3.05) is 23.4 Å². The first-order valence-corrected chi connectivity index (χ1v) is 12.6. The molecule has 0 aliphatic heterocycles. The Morgan fingerprint density at radius 2 is 1.89 bits per heavy atom. The summed E-state index contributed by atoms with van der Waals surface area (Å²) in [6.07, 6.45) is 3.21. The zero-order valence-corrected chi connectivity index (χ0v) is 21.4. The Labute approximate surface area is 207 Å². The molecule has 14 heteroatoms. The second kappa shape index (κ2) is 10.0. The second-order valence-corrected chi connectivity index (χ2v) is 10.5. The molecule has 0 saturated carbocycles. The van der Waals surface area contributed by atoms with E-state index in [9.17, 15) is 17.6 Å². The second-order valence-electron chi connectivity index (χ2n) is 8.76. The minimum absolute atomic E-state index is 0.0764. The van der Waals surface area contributed by atoms with Crippen molar-refractivity contribution in [3.63, 3.8) is 0 Å². The van der Waals surface area contributed by atoms with Crippen molar-refractivity contribution >= 4 is 27.8 Å². The van der Waals surface area contributed by atoms with Crippen molar-refractivity contribution in [3.05, 3.63) is 42.2 Å². The first-order valence-electron chi connectivity index (χ1n) is 10.7. The van der Waals surface area contributed by atoms with Crippen LogP contribution in [0.1, 0.15) is 33.7 Å². The van der Waals surface area contributed by atoms with E-state index in [1.165, 1.54) is 24.1 Å². The third kappa shape index (κ3) is 6.24. The highest BCUT2D eigenvalue weighted by atomic mass is 32.2. The van der Waals surface area contributed by atoms with Crippen LogP contribution in [0.4, 0.5) is 25.2 Å². The number of sulfonamides is 1. The fraction of sp³-hybridized carbons (Fsp3) is 0.364. The number of benzene rings is 1.